The number of esters is 1. The lowest BCUT2D eigenvalue weighted by molar-refractivity contribution is 0.0297. The number of aliphatic hydroxyl groups excluding tert-OH is 1. The smallest absolute Gasteiger partial charge is 0.341 e. The van der Waals surface area contributed by atoms with Gasteiger partial charge in [0, 0.05) is 46.9 Å². The summed E-state index contributed by atoms with van der Waals surface area (Å²) >= 11 is 0. The van der Waals surface area contributed by atoms with Crippen molar-refractivity contribution < 1.29 is 19.4 Å². The molecule has 182 valence electrons. The van der Waals surface area contributed by atoms with Crippen LogP contribution in [0.4, 0.5) is 0 Å². The first kappa shape index (κ1) is 22.6. The lowest BCUT2D eigenvalue weighted by Crippen LogP contribution is -2.31. The Kier molecular flexibility index (Phi) is 4.89. The lowest BCUT2D eigenvalue weighted by atomic mass is 9.77. The molecule has 1 aliphatic heterocycles. The molecule has 0 amide bonds. The molecule has 0 saturated heterocycles. The van der Waals surface area contributed by atoms with Crippen molar-refractivity contribution in [2.24, 2.45) is 7.05 Å². The molecule has 2 unspecified atom stereocenters. The first-order valence-electron chi connectivity index (χ1n) is 12.1. The molecule has 2 aromatic heterocycles. The third kappa shape index (κ3) is 2.76. The van der Waals surface area contributed by atoms with Crippen molar-refractivity contribution in [3.63, 3.8) is 0 Å². The van der Waals surface area contributed by atoms with E-state index in [1.165, 1.54) is 0 Å². The van der Waals surface area contributed by atoms with Crippen LogP contribution in [-0.4, -0.2) is 27.7 Å². The summed E-state index contributed by atoms with van der Waals surface area (Å²) in [6.45, 7) is 6.26. The Bertz CT molecular complexity index is 1610. The van der Waals surface area contributed by atoms with E-state index in [4.69, 9.17) is 14.5 Å². The highest BCUT2D eigenvalue weighted by Crippen LogP contribution is 2.59. The minimum absolute atomic E-state index is 0.0796. The van der Waals surface area contributed by atoms with E-state index in [9.17, 15) is 9.90 Å². The van der Waals surface area contributed by atoms with Gasteiger partial charge in [0.1, 0.15) is 11.4 Å². The van der Waals surface area contributed by atoms with E-state index in [0.717, 1.165) is 55.7 Å². The Balaban J connectivity index is 1.80. The Labute approximate surface area is 209 Å². The number of ether oxygens (including phenoxy) is 2. The molecule has 0 saturated carbocycles. The van der Waals surface area contributed by atoms with Crippen LogP contribution in [0, 0.1) is 6.92 Å². The van der Waals surface area contributed by atoms with E-state index in [-0.39, 0.29) is 12.5 Å². The Hall–Kier alpha value is -3.90. The zero-order valence-electron chi connectivity index (χ0n) is 21.0. The number of aromatic nitrogens is 2. The number of carbonyl (C=O) groups excluding carboxylic acids is 1. The summed E-state index contributed by atoms with van der Waals surface area (Å²) in [5, 5.41) is 10.9. The first-order chi connectivity index (χ1) is 17.3. The second kappa shape index (κ2) is 7.80. The summed E-state index contributed by atoms with van der Waals surface area (Å²) in [6, 6.07) is 15.6. The van der Waals surface area contributed by atoms with E-state index in [1.807, 2.05) is 44.3 Å². The van der Waals surface area contributed by atoms with E-state index < -0.39 is 11.6 Å². The number of hydrogen-bond acceptors (Lipinski definition) is 5. The van der Waals surface area contributed by atoms with Crippen LogP contribution in [0.15, 0.2) is 60.3 Å². The van der Waals surface area contributed by atoms with Crippen LogP contribution in [0.1, 0.15) is 63.8 Å². The van der Waals surface area contributed by atoms with Gasteiger partial charge in [-0.15, -0.1) is 0 Å². The van der Waals surface area contributed by atoms with Gasteiger partial charge in [-0.1, -0.05) is 24.6 Å². The normalized spacial score (nSPS) is 20.6. The van der Waals surface area contributed by atoms with Gasteiger partial charge in [0.15, 0.2) is 0 Å². The van der Waals surface area contributed by atoms with Crippen molar-refractivity contribution in [3.8, 4) is 5.75 Å². The van der Waals surface area contributed by atoms with Crippen molar-refractivity contribution >= 4 is 22.4 Å². The standard InChI is InChI=1S/C30H28N2O4/c1-16-17(2)26(23-14-20(35-5)9-10-21(16)23)30(28-22(29(34)36-30)7-6-12-31-28)27-18(3)32(4)25-11-8-19(15-33)13-24(25)27/h6-14,16,33H,15H2,1-5H3. The molecule has 2 atom stereocenters. The molecule has 0 bridgehead atoms. The number of allylic oxidation sites excluding steroid dienone is 1. The summed E-state index contributed by atoms with van der Waals surface area (Å²) in [4.78, 5) is 18.2. The zero-order chi connectivity index (χ0) is 25.4. The van der Waals surface area contributed by atoms with Crippen molar-refractivity contribution in [1.82, 2.24) is 9.55 Å². The van der Waals surface area contributed by atoms with E-state index in [0.29, 0.717) is 11.3 Å². The van der Waals surface area contributed by atoms with Gasteiger partial charge >= 0.3 is 5.97 Å². The van der Waals surface area contributed by atoms with E-state index in [2.05, 4.69) is 24.5 Å². The van der Waals surface area contributed by atoms with Gasteiger partial charge in [0.2, 0.25) is 5.60 Å². The first-order valence-corrected chi connectivity index (χ1v) is 12.1. The highest BCUT2D eigenvalue weighted by Gasteiger charge is 2.56. The largest absolute Gasteiger partial charge is 0.497 e. The summed E-state index contributed by atoms with van der Waals surface area (Å²) in [5.41, 5.74) is 7.66. The topological polar surface area (TPSA) is 73.6 Å². The predicted octanol–water partition coefficient (Wildman–Crippen LogP) is 5.39. The molecule has 0 radical (unpaired) electrons. The minimum atomic E-state index is -1.25. The molecule has 2 aliphatic rings. The third-order valence-electron chi connectivity index (χ3n) is 8.09. The molecule has 1 N–H and O–H groups in total. The maximum Gasteiger partial charge on any atom is 0.341 e. The van der Waals surface area contributed by atoms with Crippen LogP contribution in [0.25, 0.3) is 16.5 Å². The molecule has 4 aromatic rings. The van der Waals surface area contributed by atoms with Gasteiger partial charge in [-0.3, -0.25) is 4.98 Å². The van der Waals surface area contributed by atoms with Crippen molar-refractivity contribution in [2.75, 3.05) is 7.11 Å². The zero-order valence-corrected chi connectivity index (χ0v) is 21.0. The number of aliphatic hydroxyl groups is 1. The fraction of sp³-hybridized carbons (Fsp3) is 0.267. The molecule has 36 heavy (non-hydrogen) atoms. The Morgan fingerprint density at radius 3 is 2.69 bits per heavy atom. The Morgan fingerprint density at radius 2 is 1.94 bits per heavy atom. The molecular weight excluding hydrogens is 452 g/mol. The number of methoxy groups -OCH3 is 1. The van der Waals surface area contributed by atoms with Crippen LogP contribution in [-0.2, 0) is 24.0 Å². The van der Waals surface area contributed by atoms with E-state index >= 15 is 0 Å². The number of nitrogens with zero attached hydrogens (tertiary/aromatic N) is 2. The molecule has 6 rings (SSSR count). The maximum absolute atomic E-state index is 13.5. The summed E-state index contributed by atoms with van der Waals surface area (Å²) in [5.74, 6) is 0.482. The predicted molar refractivity (Wildman–Crippen MR) is 138 cm³/mol. The highest BCUT2D eigenvalue weighted by atomic mass is 16.6. The van der Waals surface area contributed by atoms with Crippen molar-refractivity contribution in [2.45, 2.75) is 38.9 Å². The molecular formula is C30H28N2O4. The van der Waals surface area contributed by atoms with Gasteiger partial charge in [-0.05, 0) is 66.9 Å². The number of rotatable bonds is 4. The number of fused-ring (bicyclic) bond motifs is 3. The Morgan fingerprint density at radius 1 is 1.14 bits per heavy atom. The van der Waals surface area contributed by atoms with Gasteiger partial charge in [0.05, 0.1) is 19.3 Å². The summed E-state index contributed by atoms with van der Waals surface area (Å²) < 4.78 is 14.3. The fourth-order valence-electron chi connectivity index (χ4n) is 6.10. The van der Waals surface area contributed by atoms with Crippen LogP contribution in [0.2, 0.25) is 0 Å². The number of cyclic esters (lactones) is 1. The second-order valence-corrected chi connectivity index (χ2v) is 9.73. The van der Waals surface area contributed by atoms with Crippen molar-refractivity contribution in [1.29, 1.82) is 0 Å². The molecule has 0 fully saturated rings. The van der Waals surface area contributed by atoms with Crippen LogP contribution in [0.3, 0.4) is 0 Å². The van der Waals surface area contributed by atoms with Gasteiger partial charge in [0.25, 0.3) is 0 Å². The molecule has 6 nitrogen and oxygen atoms in total. The minimum Gasteiger partial charge on any atom is -0.497 e. The number of aryl methyl sites for hydroxylation is 1. The van der Waals surface area contributed by atoms with Crippen molar-refractivity contribution in [3.05, 3.63) is 99.5 Å². The third-order valence-corrected chi connectivity index (χ3v) is 8.09. The average molecular weight is 481 g/mol. The molecule has 0 spiro atoms. The summed E-state index contributed by atoms with van der Waals surface area (Å²) in [6.07, 6.45) is 1.72. The quantitative estimate of drug-likeness (QED) is 0.397. The molecule has 6 heteroatoms. The lowest BCUT2D eigenvalue weighted by Gasteiger charge is -2.32. The SMILES string of the molecule is COc1ccc2c(c1)C(C1(c3c(C)n(C)c4ccc(CO)cc34)OC(=O)c3cccnc31)=C(C)C2C. The van der Waals surface area contributed by atoms with Gasteiger partial charge in [-0.25, -0.2) is 4.79 Å². The highest BCUT2D eigenvalue weighted by molar-refractivity contribution is 6.03. The van der Waals surface area contributed by atoms with Crippen LogP contribution < -0.4 is 4.74 Å². The summed E-state index contributed by atoms with van der Waals surface area (Å²) in [7, 11) is 3.67. The number of pyridine rings is 1. The maximum atomic E-state index is 13.5. The van der Waals surface area contributed by atoms with Gasteiger partial charge < -0.3 is 19.1 Å². The number of carbonyl (C=O) groups is 1. The second-order valence-electron chi connectivity index (χ2n) is 9.73. The average Bonchev–Trinajstić information content (AvgIpc) is 3.43. The van der Waals surface area contributed by atoms with E-state index in [1.54, 1.807) is 25.4 Å². The van der Waals surface area contributed by atoms with Crippen LogP contribution >= 0.6 is 0 Å². The number of hydrogen-bond donors (Lipinski definition) is 1. The molecule has 1 aliphatic carbocycles. The van der Waals surface area contributed by atoms with Gasteiger partial charge in [-0.2, -0.15) is 0 Å². The monoisotopic (exact) mass is 480 g/mol. The molecule has 2 aromatic carbocycles. The van der Waals surface area contributed by atoms with Crippen LogP contribution in [0.5, 0.6) is 5.75 Å². The fourth-order valence-corrected chi connectivity index (χ4v) is 6.10. The number of benzene rings is 2. The molecule has 3 heterocycles.